The van der Waals surface area contributed by atoms with Crippen LogP contribution in [0.15, 0.2) is 22.7 Å². The van der Waals surface area contributed by atoms with Gasteiger partial charge in [-0.15, -0.1) is 0 Å². The van der Waals surface area contributed by atoms with E-state index in [1.807, 2.05) is 0 Å². The van der Waals surface area contributed by atoms with Gasteiger partial charge in [0.25, 0.3) is 0 Å². The van der Waals surface area contributed by atoms with Gasteiger partial charge in [-0.05, 0) is 49.3 Å². The number of hydrogen-bond acceptors (Lipinski definition) is 3. The number of aromatic nitrogens is 2. The molecule has 18 heavy (non-hydrogen) atoms. The van der Waals surface area contributed by atoms with E-state index < -0.39 is 0 Å². The molecule has 1 saturated carbocycles. The van der Waals surface area contributed by atoms with Crippen LogP contribution >= 0.6 is 0 Å². The lowest BCUT2D eigenvalue weighted by Crippen LogP contribution is -2.08. The number of nitrogens with zero attached hydrogens (tertiary/aromatic N) is 2. The first-order valence-electron chi connectivity index (χ1n) is 6.86. The molecule has 0 amide bonds. The highest BCUT2D eigenvalue weighted by atomic mass is 16.5. The molecule has 0 N–H and O–H groups in total. The lowest BCUT2D eigenvalue weighted by atomic mass is 9.85. The summed E-state index contributed by atoms with van der Waals surface area (Å²) < 4.78 is 5.38. The van der Waals surface area contributed by atoms with Gasteiger partial charge in [0.05, 0.1) is 0 Å². The Balaban J connectivity index is 1.67. The van der Waals surface area contributed by atoms with Gasteiger partial charge in [-0.3, -0.25) is 0 Å². The number of hydrogen-bond donors (Lipinski definition) is 0. The smallest absolute Gasteiger partial charge is 0.230 e. The van der Waals surface area contributed by atoms with E-state index >= 15 is 0 Å². The van der Waals surface area contributed by atoms with Crippen LogP contribution in [0.5, 0.6) is 0 Å². The maximum Gasteiger partial charge on any atom is 0.230 e. The molecule has 4 rings (SSSR count). The van der Waals surface area contributed by atoms with E-state index in [9.17, 15) is 0 Å². The highest BCUT2D eigenvalue weighted by Gasteiger charge is 2.25. The molecule has 3 nitrogen and oxygen atoms in total. The Bertz CT molecular complexity index is 584. The van der Waals surface area contributed by atoms with Gasteiger partial charge in [0.1, 0.15) is 0 Å². The molecule has 0 radical (unpaired) electrons. The number of aryl methyl sites for hydroxylation is 2. The van der Waals surface area contributed by atoms with Gasteiger partial charge < -0.3 is 4.52 Å². The first-order valence-corrected chi connectivity index (χ1v) is 6.86. The maximum absolute atomic E-state index is 5.38. The van der Waals surface area contributed by atoms with Gasteiger partial charge in [0, 0.05) is 11.5 Å². The molecule has 0 spiro atoms. The summed E-state index contributed by atoms with van der Waals surface area (Å²) in [6, 6.07) is 6.58. The molecular formula is C15H16N2O. The predicted octanol–water partition coefficient (Wildman–Crippen LogP) is 3.49. The molecule has 0 saturated heterocycles. The van der Waals surface area contributed by atoms with Crippen LogP contribution in [0.2, 0.25) is 0 Å². The summed E-state index contributed by atoms with van der Waals surface area (Å²) in [5.41, 5.74) is 4.05. The third kappa shape index (κ3) is 1.57. The molecule has 0 atom stereocenters. The van der Waals surface area contributed by atoms with Crippen LogP contribution in [0.1, 0.15) is 48.6 Å². The van der Waals surface area contributed by atoms with Gasteiger partial charge in [-0.25, -0.2) is 0 Å². The van der Waals surface area contributed by atoms with Gasteiger partial charge in [0.2, 0.25) is 11.7 Å². The van der Waals surface area contributed by atoms with Crippen molar-refractivity contribution in [2.24, 2.45) is 0 Å². The van der Waals surface area contributed by atoms with E-state index in [1.165, 1.54) is 49.7 Å². The van der Waals surface area contributed by atoms with Crippen LogP contribution in [0.4, 0.5) is 0 Å². The second-order valence-corrected chi connectivity index (χ2v) is 5.42. The molecule has 0 aliphatic heterocycles. The maximum atomic E-state index is 5.38. The minimum atomic E-state index is 0.515. The van der Waals surface area contributed by atoms with E-state index in [1.54, 1.807) is 0 Å². The van der Waals surface area contributed by atoms with Crippen LogP contribution in [0.3, 0.4) is 0 Å². The number of benzene rings is 1. The second-order valence-electron chi connectivity index (χ2n) is 5.42. The van der Waals surface area contributed by atoms with E-state index in [0.29, 0.717) is 5.92 Å². The van der Waals surface area contributed by atoms with Gasteiger partial charge in [-0.1, -0.05) is 23.7 Å². The van der Waals surface area contributed by atoms with Gasteiger partial charge >= 0.3 is 0 Å². The van der Waals surface area contributed by atoms with Crippen molar-refractivity contribution in [3.63, 3.8) is 0 Å². The summed E-state index contributed by atoms with van der Waals surface area (Å²) in [6.45, 7) is 0. The minimum Gasteiger partial charge on any atom is -0.339 e. The first-order chi connectivity index (χ1) is 8.90. The Labute approximate surface area is 106 Å². The van der Waals surface area contributed by atoms with Crippen molar-refractivity contribution in [1.82, 2.24) is 10.1 Å². The molecule has 3 heteroatoms. The second kappa shape index (κ2) is 3.94. The van der Waals surface area contributed by atoms with Gasteiger partial charge in [-0.2, -0.15) is 4.98 Å². The van der Waals surface area contributed by atoms with Crippen LogP contribution in [-0.2, 0) is 12.8 Å². The molecule has 2 aromatic rings. The summed E-state index contributed by atoms with van der Waals surface area (Å²) in [4.78, 5) is 4.55. The quantitative estimate of drug-likeness (QED) is 0.806. The number of rotatable bonds is 2. The first kappa shape index (κ1) is 10.3. The van der Waals surface area contributed by atoms with Crippen molar-refractivity contribution >= 4 is 0 Å². The lowest BCUT2D eigenvalue weighted by molar-refractivity contribution is 0.292. The zero-order valence-electron chi connectivity index (χ0n) is 10.4. The zero-order valence-corrected chi connectivity index (χ0v) is 10.4. The Kier molecular flexibility index (Phi) is 2.25. The molecule has 1 heterocycles. The SMILES string of the molecule is c1cc2c(cc1-c1noc(C3CCC3)n1)CCC2. The summed E-state index contributed by atoms with van der Waals surface area (Å²) in [6.07, 6.45) is 7.38. The number of fused-ring (bicyclic) bond motifs is 1. The molecule has 92 valence electrons. The highest BCUT2D eigenvalue weighted by molar-refractivity contribution is 5.57. The topological polar surface area (TPSA) is 38.9 Å². The summed E-state index contributed by atoms with van der Waals surface area (Å²) in [7, 11) is 0. The van der Waals surface area contributed by atoms with Gasteiger partial charge in [0.15, 0.2) is 0 Å². The van der Waals surface area contributed by atoms with E-state index in [2.05, 4.69) is 28.3 Å². The average molecular weight is 240 g/mol. The van der Waals surface area contributed by atoms with Crippen molar-refractivity contribution in [3.05, 3.63) is 35.2 Å². The summed E-state index contributed by atoms with van der Waals surface area (Å²) >= 11 is 0. The fraction of sp³-hybridized carbons (Fsp3) is 0.467. The standard InChI is InChI=1S/C15H16N2O/c1-3-10-7-8-13(9-12(10)6-1)14-16-15(18-17-14)11-4-2-5-11/h7-9,11H,1-6H2. The van der Waals surface area contributed by atoms with Crippen LogP contribution in [-0.4, -0.2) is 10.1 Å². The third-order valence-electron chi connectivity index (χ3n) is 4.25. The zero-order chi connectivity index (χ0) is 11.9. The minimum absolute atomic E-state index is 0.515. The van der Waals surface area contributed by atoms with E-state index in [-0.39, 0.29) is 0 Å². The average Bonchev–Trinajstić information content (AvgIpc) is 2.93. The van der Waals surface area contributed by atoms with E-state index in [0.717, 1.165) is 17.3 Å². The summed E-state index contributed by atoms with van der Waals surface area (Å²) in [5.74, 6) is 2.10. The monoisotopic (exact) mass is 240 g/mol. The molecule has 0 unspecified atom stereocenters. The Morgan fingerprint density at radius 1 is 1.06 bits per heavy atom. The molecule has 1 aromatic heterocycles. The largest absolute Gasteiger partial charge is 0.339 e. The summed E-state index contributed by atoms with van der Waals surface area (Å²) in [5, 5.41) is 4.13. The molecule has 2 aliphatic carbocycles. The lowest BCUT2D eigenvalue weighted by Gasteiger charge is -2.20. The fourth-order valence-electron chi connectivity index (χ4n) is 2.88. The molecule has 1 fully saturated rings. The highest BCUT2D eigenvalue weighted by Crippen LogP contribution is 2.36. The fourth-order valence-corrected chi connectivity index (χ4v) is 2.88. The molecule has 1 aromatic carbocycles. The Morgan fingerprint density at radius 3 is 2.78 bits per heavy atom. The molecular weight excluding hydrogens is 224 g/mol. The van der Waals surface area contributed by atoms with E-state index in [4.69, 9.17) is 4.52 Å². The van der Waals surface area contributed by atoms with Crippen molar-refractivity contribution in [3.8, 4) is 11.4 Å². The molecule has 2 aliphatic rings. The Hall–Kier alpha value is -1.64. The van der Waals surface area contributed by atoms with Crippen molar-refractivity contribution in [2.45, 2.75) is 44.4 Å². The predicted molar refractivity (Wildman–Crippen MR) is 68.4 cm³/mol. The van der Waals surface area contributed by atoms with Crippen LogP contribution in [0.25, 0.3) is 11.4 Å². The third-order valence-corrected chi connectivity index (χ3v) is 4.25. The Morgan fingerprint density at radius 2 is 1.94 bits per heavy atom. The van der Waals surface area contributed by atoms with Crippen LogP contribution < -0.4 is 0 Å². The van der Waals surface area contributed by atoms with Crippen molar-refractivity contribution in [2.75, 3.05) is 0 Å². The normalized spacial score (nSPS) is 18.7. The van der Waals surface area contributed by atoms with Crippen LogP contribution in [0, 0.1) is 0 Å². The van der Waals surface area contributed by atoms with Crippen molar-refractivity contribution in [1.29, 1.82) is 0 Å². The molecule has 0 bridgehead atoms. The van der Waals surface area contributed by atoms with Crippen molar-refractivity contribution < 1.29 is 4.52 Å².